The lowest BCUT2D eigenvalue weighted by Gasteiger charge is -2.24. The fraction of sp³-hybridized carbons (Fsp3) is 0.636. The molecule has 0 aromatic carbocycles. The van der Waals surface area contributed by atoms with Crippen molar-refractivity contribution < 1.29 is 13.2 Å². The van der Waals surface area contributed by atoms with E-state index in [0.29, 0.717) is 17.7 Å². The minimum absolute atomic E-state index is 0.0975. The molecular formula is C11H16N2O3S. The van der Waals surface area contributed by atoms with Gasteiger partial charge >= 0.3 is 0 Å². The zero-order chi connectivity index (χ0) is 12.8. The molecule has 1 aromatic heterocycles. The van der Waals surface area contributed by atoms with Crippen LogP contribution in [0.25, 0.3) is 0 Å². The molecule has 1 fully saturated rings. The number of rotatable bonds is 2. The van der Waals surface area contributed by atoms with E-state index in [0.717, 1.165) is 12.0 Å². The quantitative estimate of drug-likeness (QED) is 0.735. The van der Waals surface area contributed by atoms with Crippen molar-refractivity contribution in [2.24, 2.45) is 0 Å². The second-order valence-electron chi connectivity index (χ2n) is 4.95. The highest BCUT2D eigenvalue weighted by Gasteiger charge is 2.41. The van der Waals surface area contributed by atoms with Crippen LogP contribution < -0.4 is 0 Å². The van der Waals surface area contributed by atoms with Gasteiger partial charge in [0.2, 0.25) is 0 Å². The molecule has 0 saturated carbocycles. The molecule has 0 spiro atoms. The molecule has 2 heterocycles. The lowest BCUT2D eigenvalue weighted by Crippen LogP contribution is -2.33. The van der Waals surface area contributed by atoms with Crippen molar-refractivity contribution >= 4 is 16.1 Å². The molecule has 1 atom stereocenters. The zero-order valence-electron chi connectivity index (χ0n) is 10.2. The first-order valence-electron chi connectivity index (χ1n) is 5.51. The minimum atomic E-state index is -2.98. The smallest absolute Gasteiger partial charge is 0.153 e. The normalized spacial score (nSPS) is 27.2. The Morgan fingerprint density at radius 2 is 2.06 bits per heavy atom. The Bertz CT molecular complexity index is 574. The standard InChI is InChI=1S/C11H16N2O3S/c1-8-10(6-14)9(2)13(12-8)11(3)4-5-17(15,16)7-11/h6H,4-5,7H2,1-3H3/t11-/m0/s1. The maximum Gasteiger partial charge on any atom is 0.153 e. The summed E-state index contributed by atoms with van der Waals surface area (Å²) in [5, 5.41) is 4.32. The van der Waals surface area contributed by atoms with Gasteiger partial charge in [-0.2, -0.15) is 5.10 Å². The van der Waals surface area contributed by atoms with Gasteiger partial charge in [-0.3, -0.25) is 9.48 Å². The first-order valence-corrected chi connectivity index (χ1v) is 7.33. The van der Waals surface area contributed by atoms with Crippen molar-refractivity contribution in [2.45, 2.75) is 32.7 Å². The lowest BCUT2D eigenvalue weighted by atomic mass is 10.0. The molecule has 94 valence electrons. The lowest BCUT2D eigenvalue weighted by molar-refractivity contribution is 0.112. The van der Waals surface area contributed by atoms with Crippen LogP contribution in [0.1, 0.15) is 35.1 Å². The van der Waals surface area contributed by atoms with Gasteiger partial charge in [0.1, 0.15) is 0 Å². The Balaban J connectivity index is 2.52. The van der Waals surface area contributed by atoms with Gasteiger partial charge in [0.25, 0.3) is 0 Å². The van der Waals surface area contributed by atoms with Crippen molar-refractivity contribution in [3.05, 3.63) is 17.0 Å². The van der Waals surface area contributed by atoms with Crippen LogP contribution in [0, 0.1) is 13.8 Å². The van der Waals surface area contributed by atoms with Gasteiger partial charge in [0, 0.05) is 5.69 Å². The van der Waals surface area contributed by atoms with Gasteiger partial charge in [0.05, 0.1) is 28.3 Å². The van der Waals surface area contributed by atoms with Crippen molar-refractivity contribution in [3.8, 4) is 0 Å². The number of carbonyl (C=O) groups is 1. The maximum absolute atomic E-state index is 11.6. The van der Waals surface area contributed by atoms with Crippen LogP contribution in [-0.2, 0) is 15.4 Å². The highest BCUT2D eigenvalue weighted by atomic mass is 32.2. The molecule has 0 aliphatic carbocycles. The van der Waals surface area contributed by atoms with Crippen LogP contribution in [0.2, 0.25) is 0 Å². The van der Waals surface area contributed by atoms with Gasteiger partial charge in [-0.25, -0.2) is 8.42 Å². The molecule has 0 N–H and O–H groups in total. The summed E-state index contributed by atoms with van der Waals surface area (Å²) in [7, 11) is -2.98. The summed E-state index contributed by atoms with van der Waals surface area (Å²) in [4.78, 5) is 10.9. The van der Waals surface area contributed by atoms with E-state index < -0.39 is 15.4 Å². The summed E-state index contributed by atoms with van der Waals surface area (Å²) < 4.78 is 24.9. The first kappa shape index (κ1) is 12.3. The molecule has 0 unspecified atom stereocenters. The van der Waals surface area contributed by atoms with E-state index in [-0.39, 0.29) is 11.5 Å². The van der Waals surface area contributed by atoms with Crippen molar-refractivity contribution in [3.63, 3.8) is 0 Å². The number of nitrogens with zero attached hydrogens (tertiary/aromatic N) is 2. The highest BCUT2D eigenvalue weighted by Crippen LogP contribution is 2.32. The summed E-state index contributed by atoms with van der Waals surface area (Å²) in [6.07, 6.45) is 1.33. The van der Waals surface area contributed by atoms with E-state index in [1.54, 1.807) is 18.5 Å². The second kappa shape index (κ2) is 3.66. The molecule has 1 aliphatic heterocycles. The molecule has 0 bridgehead atoms. The average molecular weight is 256 g/mol. The van der Waals surface area contributed by atoms with Crippen molar-refractivity contribution in [1.82, 2.24) is 9.78 Å². The molecule has 2 rings (SSSR count). The van der Waals surface area contributed by atoms with E-state index in [9.17, 15) is 13.2 Å². The molecule has 1 saturated heterocycles. The van der Waals surface area contributed by atoms with Crippen molar-refractivity contribution in [1.29, 1.82) is 0 Å². The SMILES string of the molecule is Cc1nn([C@@]2(C)CCS(=O)(=O)C2)c(C)c1C=O. The second-order valence-corrected chi connectivity index (χ2v) is 7.14. The van der Waals surface area contributed by atoms with Crippen LogP contribution in [-0.4, -0.2) is 36.0 Å². The van der Waals surface area contributed by atoms with E-state index in [4.69, 9.17) is 0 Å². The van der Waals surface area contributed by atoms with Gasteiger partial charge in [-0.15, -0.1) is 0 Å². The summed E-state index contributed by atoms with van der Waals surface area (Å²) >= 11 is 0. The number of carbonyl (C=O) groups excluding carboxylic acids is 1. The summed E-state index contributed by atoms with van der Waals surface area (Å²) in [5.74, 6) is 0.290. The fourth-order valence-corrected chi connectivity index (χ4v) is 4.62. The summed E-state index contributed by atoms with van der Waals surface area (Å²) in [5.41, 5.74) is 1.45. The molecule has 0 radical (unpaired) electrons. The van der Waals surface area contributed by atoms with Crippen LogP contribution >= 0.6 is 0 Å². The Morgan fingerprint density at radius 3 is 2.47 bits per heavy atom. The van der Waals surface area contributed by atoms with Gasteiger partial charge in [-0.05, 0) is 27.2 Å². The average Bonchev–Trinajstić information content (AvgIpc) is 2.66. The monoisotopic (exact) mass is 256 g/mol. The Morgan fingerprint density at radius 1 is 1.41 bits per heavy atom. The minimum Gasteiger partial charge on any atom is -0.298 e. The van der Waals surface area contributed by atoms with E-state index in [1.165, 1.54) is 0 Å². The number of hydrogen-bond acceptors (Lipinski definition) is 4. The van der Waals surface area contributed by atoms with E-state index in [1.807, 2.05) is 6.92 Å². The molecule has 1 aliphatic rings. The molecule has 6 heteroatoms. The molecule has 5 nitrogen and oxygen atoms in total. The number of sulfone groups is 1. The Kier molecular flexibility index (Phi) is 2.65. The summed E-state index contributed by atoms with van der Waals surface area (Å²) in [6, 6.07) is 0. The molecular weight excluding hydrogens is 240 g/mol. The van der Waals surface area contributed by atoms with Crippen LogP contribution in [0.5, 0.6) is 0 Å². The van der Waals surface area contributed by atoms with Crippen LogP contribution in [0.3, 0.4) is 0 Å². The Labute approximate surface area is 101 Å². The van der Waals surface area contributed by atoms with Crippen LogP contribution in [0.4, 0.5) is 0 Å². The van der Waals surface area contributed by atoms with Gasteiger partial charge < -0.3 is 0 Å². The fourth-order valence-electron chi connectivity index (χ4n) is 2.51. The molecule has 0 amide bonds. The van der Waals surface area contributed by atoms with Gasteiger partial charge in [0.15, 0.2) is 16.1 Å². The van der Waals surface area contributed by atoms with E-state index in [2.05, 4.69) is 5.10 Å². The highest BCUT2D eigenvalue weighted by molar-refractivity contribution is 7.91. The zero-order valence-corrected chi connectivity index (χ0v) is 11.0. The Hall–Kier alpha value is -1.17. The largest absolute Gasteiger partial charge is 0.298 e. The predicted octanol–water partition coefficient (Wildman–Crippen LogP) is 0.846. The van der Waals surface area contributed by atoms with Crippen molar-refractivity contribution in [2.75, 3.05) is 11.5 Å². The predicted molar refractivity (Wildman–Crippen MR) is 64.0 cm³/mol. The summed E-state index contributed by atoms with van der Waals surface area (Å²) in [6.45, 7) is 5.45. The topological polar surface area (TPSA) is 69.0 Å². The maximum atomic E-state index is 11.6. The third-order valence-corrected chi connectivity index (χ3v) is 5.35. The third kappa shape index (κ3) is 1.90. The molecule has 17 heavy (non-hydrogen) atoms. The number of aromatic nitrogens is 2. The first-order chi connectivity index (χ1) is 7.79. The number of hydrogen-bond donors (Lipinski definition) is 0. The van der Waals surface area contributed by atoms with Crippen LogP contribution in [0.15, 0.2) is 0 Å². The molecule has 1 aromatic rings. The van der Waals surface area contributed by atoms with E-state index >= 15 is 0 Å². The number of aldehydes is 1. The van der Waals surface area contributed by atoms with Gasteiger partial charge in [-0.1, -0.05) is 0 Å². The third-order valence-electron chi connectivity index (χ3n) is 3.46. The number of aryl methyl sites for hydroxylation is 1.